The van der Waals surface area contributed by atoms with Crippen molar-refractivity contribution in [1.29, 1.82) is 0 Å². The molecule has 0 atom stereocenters. The number of hydrazone groups is 1. The van der Waals surface area contributed by atoms with Crippen LogP contribution in [0, 0.1) is 18.6 Å². The van der Waals surface area contributed by atoms with E-state index in [1.165, 1.54) is 12.1 Å². The minimum absolute atomic E-state index is 0.0937. The van der Waals surface area contributed by atoms with Crippen LogP contribution in [-0.4, -0.2) is 31.3 Å². The van der Waals surface area contributed by atoms with Gasteiger partial charge in [0.2, 0.25) is 0 Å². The summed E-state index contributed by atoms with van der Waals surface area (Å²) in [5.41, 5.74) is 3.39. The Morgan fingerprint density at radius 1 is 1.10 bits per heavy atom. The zero-order valence-corrected chi connectivity index (χ0v) is 15.9. The smallest absolute Gasteiger partial charge is 0.257 e. The highest BCUT2D eigenvalue weighted by molar-refractivity contribution is 5.80. The van der Waals surface area contributed by atoms with Gasteiger partial charge in [-0.1, -0.05) is 23.4 Å². The molecule has 0 saturated carbocycles. The number of H-pyrrole nitrogens is 1. The van der Waals surface area contributed by atoms with Gasteiger partial charge < -0.3 is 9.51 Å². The average molecular weight is 406 g/mol. The molecule has 30 heavy (non-hydrogen) atoms. The molecule has 1 N–H and O–H groups in total. The van der Waals surface area contributed by atoms with E-state index < -0.39 is 11.6 Å². The highest BCUT2D eigenvalue weighted by Gasteiger charge is 2.20. The molecule has 150 valence electrons. The lowest BCUT2D eigenvalue weighted by atomic mass is 10.1. The number of benzene rings is 2. The molecule has 1 aliphatic rings. The summed E-state index contributed by atoms with van der Waals surface area (Å²) < 4.78 is 32.8. The van der Waals surface area contributed by atoms with Gasteiger partial charge in [0.05, 0.1) is 36.3 Å². The Kier molecular flexibility index (Phi) is 4.35. The molecule has 1 aliphatic heterocycles. The van der Waals surface area contributed by atoms with Crippen molar-refractivity contribution in [3.8, 4) is 22.8 Å². The largest absolute Gasteiger partial charge is 0.337 e. The van der Waals surface area contributed by atoms with Crippen molar-refractivity contribution in [3.63, 3.8) is 0 Å². The molecule has 2 aromatic carbocycles. The zero-order valence-electron chi connectivity index (χ0n) is 15.9. The lowest BCUT2D eigenvalue weighted by Gasteiger charge is -2.21. The third-order valence-electron chi connectivity index (χ3n) is 4.79. The predicted molar refractivity (Wildman–Crippen MR) is 105 cm³/mol. The van der Waals surface area contributed by atoms with E-state index in [1.54, 1.807) is 13.1 Å². The molecule has 7 nitrogen and oxygen atoms in total. The topological polar surface area (TPSA) is 83.2 Å². The van der Waals surface area contributed by atoms with E-state index in [0.717, 1.165) is 22.9 Å². The Morgan fingerprint density at radius 2 is 1.93 bits per heavy atom. The van der Waals surface area contributed by atoms with Crippen molar-refractivity contribution in [2.24, 2.45) is 5.10 Å². The number of rotatable bonds is 4. The van der Waals surface area contributed by atoms with Gasteiger partial charge in [-0.15, -0.1) is 0 Å². The number of nitrogens with zero attached hydrogens (tertiary/aromatic N) is 5. The fourth-order valence-corrected chi connectivity index (χ4v) is 3.29. The van der Waals surface area contributed by atoms with Crippen molar-refractivity contribution < 1.29 is 13.3 Å². The third kappa shape index (κ3) is 3.34. The van der Waals surface area contributed by atoms with Crippen molar-refractivity contribution in [3.05, 3.63) is 76.9 Å². The van der Waals surface area contributed by atoms with E-state index in [2.05, 4.69) is 25.2 Å². The van der Waals surface area contributed by atoms with Crippen LogP contribution in [0.2, 0.25) is 0 Å². The molecular formula is C21H16F2N6O. The van der Waals surface area contributed by atoms with Crippen molar-refractivity contribution in [1.82, 2.24) is 25.1 Å². The summed E-state index contributed by atoms with van der Waals surface area (Å²) in [5.74, 6) is -0.480. The Bertz CT molecular complexity index is 1240. The number of aromatic nitrogens is 4. The van der Waals surface area contributed by atoms with E-state index in [1.807, 2.05) is 29.3 Å². The average Bonchev–Trinajstić information content (AvgIpc) is 3.36. The number of aromatic amines is 1. The highest BCUT2D eigenvalue weighted by atomic mass is 19.2. The van der Waals surface area contributed by atoms with E-state index in [9.17, 15) is 8.78 Å². The number of hydrogen-bond acceptors (Lipinski definition) is 6. The molecule has 0 saturated heterocycles. The van der Waals surface area contributed by atoms with E-state index in [4.69, 9.17) is 4.52 Å². The summed E-state index contributed by atoms with van der Waals surface area (Å²) in [4.78, 5) is 11.7. The lowest BCUT2D eigenvalue weighted by Crippen LogP contribution is -2.21. The van der Waals surface area contributed by atoms with Gasteiger partial charge in [-0.25, -0.2) is 13.8 Å². The standard InChI is InChI=1S/C21H16F2N6O/c1-12-25-21(30-28-12)14-7-5-13(6-8-14)10-29-11-18-17(9-24-29)26-20(27-18)15-3-2-4-16(22)19(15)23/h2-9H,10-11H2,1H3,(H,26,27). The van der Waals surface area contributed by atoms with Crippen molar-refractivity contribution in [2.45, 2.75) is 20.0 Å². The molecule has 5 rings (SSSR count). The Labute approximate surface area is 170 Å². The number of imidazole rings is 1. The minimum Gasteiger partial charge on any atom is -0.337 e. The maximum absolute atomic E-state index is 14.1. The van der Waals surface area contributed by atoms with E-state index >= 15 is 0 Å². The molecule has 0 fully saturated rings. The van der Waals surface area contributed by atoms with Crippen molar-refractivity contribution in [2.75, 3.05) is 0 Å². The maximum atomic E-state index is 14.1. The molecule has 4 aromatic rings. The predicted octanol–water partition coefficient (Wildman–Crippen LogP) is 4.06. The van der Waals surface area contributed by atoms with Crippen LogP contribution in [0.25, 0.3) is 22.8 Å². The number of fused-ring (bicyclic) bond motifs is 1. The summed E-state index contributed by atoms with van der Waals surface area (Å²) in [7, 11) is 0. The molecule has 0 bridgehead atoms. The minimum atomic E-state index is -0.922. The van der Waals surface area contributed by atoms with Crippen LogP contribution in [0.3, 0.4) is 0 Å². The fraction of sp³-hybridized carbons (Fsp3) is 0.143. The van der Waals surface area contributed by atoms with Gasteiger partial charge in [-0.05, 0) is 36.8 Å². The first-order valence-electron chi connectivity index (χ1n) is 9.28. The fourth-order valence-electron chi connectivity index (χ4n) is 3.29. The molecule has 0 aliphatic carbocycles. The van der Waals surface area contributed by atoms with Crippen molar-refractivity contribution >= 4 is 6.21 Å². The first kappa shape index (κ1) is 18.2. The van der Waals surface area contributed by atoms with Gasteiger partial charge >= 0.3 is 0 Å². The number of halogens is 2. The van der Waals surface area contributed by atoms with Gasteiger partial charge in [0.25, 0.3) is 5.89 Å². The third-order valence-corrected chi connectivity index (χ3v) is 4.79. The maximum Gasteiger partial charge on any atom is 0.257 e. The van der Waals surface area contributed by atoms with Gasteiger partial charge in [0.15, 0.2) is 17.5 Å². The van der Waals surface area contributed by atoms with Gasteiger partial charge in [0.1, 0.15) is 5.82 Å². The van der Waals surface area contributed by atoms with Crippen LogP contribution >= 0.6 is 0 Å². The van der Waals surface area contributed by atoms with Crippen LogP contribution in [0.1, 0.15) is 22.8 Å². The summed E-state index contributed by atoms with van der Waals surface area (Å²) in [5, 5.41) is 10.1. The molecule has 0 radical (unpaired) electrons. The summed E-state index contributed by atoms with van der Waals surface area (Å²) >= 11 is 0. The second-order valence-electron chi connectivity index (χ2n) is 6.96. The van der Waals surface area contributed by atoms with Crippen LogP contribution in [-0.2, 0) is 13.1 Å². The molecule has 0 amide bonds. The number of aryl methyl sites for hydroxylation is 1. The van der Waals surface area contributed by atoms with Gasteiger partial charge in [-0.3, -0.25) is 5.01 Å². The summed E-state index contributed by atoms with van der Waals surface area (Å²) in [6.45, 7) is 2.78. The normalized spacial score (nSPS) is 13.0. The molecular weight excluding hydrogens is 390 g/mol. The monoisotopic (exact) mass is 406 g/mol. The number of nitrogens with one attached hydrogen (secondary N) is 1. The molecule has 0 spiro atoms. The first-order chi connectivity index (χ1) is 14.6. The van der Waals surface area contributed by atoms with Gasteiger partial charge in [0, 0.05) is 5.56 Å². The van der Waals surface area contributed by atoms with Crippen LogP contribution < -0.4 is 0 Å². The second kappa shape index (κ2) is 7.18. The van der Waals surface area contributed by atoms with Crippen LogP contribution in [0.4, 0.5) is 8.78 Å². The van der Waals surface area contributed by atoms with Crippen LogP contribution in [0.5, 0.6) is 0 Å². The SMILES string of the molecule is Cc1noc(-c2ccc(CN3Cc4nc(-c5cccc(F)c5F)[nH]c4C=N3)cc2)n1. The quantitative estimate of drug-likeness (QED) is 0.553. The molecule has 9 heteroatoms. The summed E-state index contributed by atoms with van der Waals surface area (Å²) in [6, 6.07) is 11.8. The lowest BCUT2D eigenvalue weighted by molar-refractivity contribution is 0.265. The first-order valence-corrected chi connectivity index (χ1v) is 9.28. The molecule has 2 aromatic heterocycles. The highest BCUT2D eigenvalue weighted by Crippen LogP contribution is 2.25. The van der Waals surface area contributed by atoms with Crippen LogP contribution in [0.15, 0.2) is 52.1 Å². The number of hydrogen-bond donors (Lipinski definition) is 1. The zero-order chi connectivity index (χ0) is 20.7. The second-order valence-corrected chi connectivity index (χ2v) is 6.96. The molecule has 3 heterocycles. The van der Waals surface area contributed by atoms with Gasteiger partial charge in [-0.2, -0.15) is 10.1 Å². The Hall–Kier alpha value is -3.88. The van der Waals surface area contributed by atoms with E-state index in [-0.39, 0.29) is 11.4 Å². The Morgan fingerprint density at radius 3 is 2.70 bits per heavy atom. The summed E-state index contributed by atoms with van der Waals surface area (Å²) in [6.07, 6.45) is 1.64. The van der Waals surface area contributed by atoms with E-state index in [0.29, 0.717) is 30.5 Å². The Balaban J connectivity index is 1.31. The molecule has 0 unspecified atom stereocenters.